The first-order valence-corrected chi connectivity index (χ1v) is 6.37. The molecule has 0 bridgehead atoms. The molecule has 0 amide bonds. The van der Waals surface area contributed by atoms with Crippen molar-refractivity contribution >= 4 is 0 Å². The normalized spacial score (nSPS) is 26.1. The number of nitrogens with one attached hydrogen (secondary N) is 1. The van der Waals surface area contributed by atoms with Crippen LogP contribution in [0.1, 0.15) is 39.0 Å². The highest BCUT2D eigenvalue weighted by Gasteiger charge is 2.30. The molecule has 1 atom stereocenters. The second kappa shape index (κ2) is 5.13. The molecule has 1 aliphatic carbocycles. The van der Waals surface area contributed by atoms with Gasteiger partial charge in [-0.1, -0.05) is 5.57 Å². The van der Waals surface area contributed by atoms with Crippen molar-refractivity contribution in [3.8, 4) is 0 Å². The molecule has 2 fully saturated rings. The summed E-state index contributed by atoms with van der Waals surface area (Å²) in [7, 11) is 0. The lowest BCUT2D eigenvalue weighted by Crippen LogP contribution is -2.39. The molecule has 1 saturated heterocycles. The highest BCUT2D eigenvalue weighted by atomic mass is 15.2. The lowest BCUT2D eigenvalue weighted by atomic mass is 10.2. The van der Waals surface area contributed by atoms with Gasteiger partial charge in [-0.15, -0.1) is 6.58 Å². The minimum absolute atomic E-state index is 0.760. The van der Waals surface area contributed by atoms with Gasteiger partial charge in [0, 0.05) is 25.2 Å². The quantitative estimate of drug-likeness (QED) is 0.673. The number of rotatable bonds is 6. The zero-order valence-corrected chi connectivity index (χ0v) is 9.97. The van der Waals surface area contributed by atoms with Gasteiger partial charge < -0.3 is 5.32 Å². The highest BCUT2D eigenvalue weighted by Crippen LogP contribution is 2.28. The van der Waals surface area contributed by atoms with Crippen molar-refractivity contribution in [3.63, 3.8) is 0 Å². The van der Waals surface area contributed by atoms with E-state index in [1.807, 2.05) is 0 Å². The fourth-order valence-corrected chi connectivity index (χ4v) is 2.39. The Balaban J connectivity index is 1.74. The maximum absolute atomic E-state index is 4.00. The molecule has 1 unspecified atom stereocenters. The van der Waals surface area contributed by atoms with E-state index in [-0.39, 0.29) is 0 Å². The van der Waals surface area contributed by atoms with Crippen molar-refractivity contribution in [2.45, 2.75) is 51.1 Å². The van der Waals surface area contributed by atoms with Gasteiger partial charge in [0.1, 0.15) is 0 Å². The first-order valence-electron chi connectivity index (χ1n) is 6.37. The van der Waals surface area contributed by atoms with Crippen LogP contribution >= 0.6 is 0 Å². The Morgan fingerprint density at radius 2 is 2.20 bits per heavy atom. The maximum atomic E-state index is 4.00. The van der Waals surface area contributed by atoms with E-state index in [4.69, 9.17) is 0 Å². The second-order valence-electron chi connectivity index (χ2n) is 5.23. The van der Waals surface area contributed by atoms with Crippen molar-refractivity contribution in [3.05, 3.63) is 12.2 Å². The third-order valence-electron chi connectivity index (χ3n) is 3.51. The fraction of sp³-hybridized carbons (Fsp3) is 0.846. The minimum atomic E-state index is 0.760. The van der Waals surface area contributed by atoms with Crippen LogP contribution in [0.4, 0.5) is 0 Å². The Bertz CT molecular complexity index is 215. The molecule has 2 rings (SSSR count). The van der Waals surface area contributed by atoms with Crippen LogP contribution in [0.3, 0.4) is 0 Å². The van der Waals surface area contributed by atoms with E-state index >= 15 is 0 Å². The Morgan fingerprint density at radius 3 is 2.73 bits per heavy atom. The van der Waals surface area contributed by atoms with Gasteiger partial charge in [-0.2, -0.15) is 0 Å². The van der Waals surface area contributed by atoms with E-state index in [1.165, 1.54) is 57.3 Å². The number of hydrogen-bond acceptors (Lipinski definition) is 2. The van der Waals surface area contributed by atoms with E-state index in [2.05, 4.69) is 23.7 Å². The highest BCUT2D eigenvalue weighted by molar-refractivity contribution is 4.93. The van der Waals surface area contributed by atoms with Crippen molar-refractivity contribution in [2.24, 2.45) is 0 Å². The molecule has 1 saturated carbocycles. The molecule has 15 heavy (non-hydrogen) atoms. The average Bonchev–Trinajstić information content (AvgIpc) is 2.91. The van der Waals surface area contributed by atoms with Crippen LogP contribution in [0, 0.1) is 0 Å². The summed E-state index contributed by atoms with van der Waals surface area (Å²) in [4.78, 5) is 2.68. The van der Waals surface area contributed by atoms with E-state index < -0.39 is 0 Å². The Labute approximate surface area is 93.7 Å². The van der Waals surface area contributed by atoms with Crippen LogP contribution < -0.4 is 5.32 Å². The summed E-state index contributed by atoms with van der Waals surface area (Å²) in [6, 6.07) is 1.66. The zero-order valence-electron chi connectivity index (χ0n) is 9.97. The van der Waals surface area contributed by atoms with Crippen LogP contribution in [0.5, 0.6) is 0 Å². The van der Waals surface area contributed by atoms with Gasteiger partial charge in [0.25, 0.3) is 0 Å². The third-order valence-corrected chi connectivity index (χ3v) is 3.51. The van der Waals surface area contributed by atoms with Crippen molar-refractivity contribution in [1.29, 1.82) is 0 Å². The van der Waals surface area contributed by atoms with Crippen LogP contribution in [0.15, 0.2) is 12.2 Å². The summed E-state index contributed by atoms with van der Waals surface area (Å²) in [5.74, 6) is 0. The molecule has 1 N–H and O–H groups in total. The summed E-state index contributed by atoms with van der Waals surface area (Å²) in [5.41, 5.74) is 1.32. The average molecular weight is 208 g/mol. The van der Waals surface area contributed by atoms with Crippen molar-refractivity contribution in [1.82, 2.24) is 10.2 Å². The van der Waals surface area contributed by atoms with Gasteiger partial charge in [-0.05, 0) is 45.6 Å². The predicted octanol–water partition coefficient (Wildman–Crippen LogP) is 2.17. The first-order chi connectivity index (χ1) is 7.25. The molecule has 0 aromatic rings. The Kier molecular flexibility index (Phi) is 3.81. The van der Waals surface area contributed by atoms with E-state index in [0.717, 1.165) is 12.1 Å². The van der Waals surface area contributed by atoms with Crippen LogP contribution in [-0.4, -0.2) is 36.6 Å². The number of nitrogens with zero attached hydrogens (tertiary/aromatic N) is 1. The monoisotopic (exact) mass is 208 g/mol. The van der Waals surface area contributed by atoms with Gasteiger partial charge in [0.15, 0.2) is 0 Å². The molecule has 86 valence electrons. The maximum Gasteiger partial charge on any atom is 0.0195 e. The van der Waals surface area contributed by atoms with Crippen LogP contribution in [0.25, 0.3) is 0 Å². The second-order valence-corrected chi connectivity index (χ2v) is 5.23. The molecule has 1 heterocycles. The molecule has 1 aliphatic heterocycles. The van der Waals surface area contributed by atoms with E-state index in [0.29, 0.717) is 0 Å². The molecule has 2 nitrogen and oxygen atoms in total. The topological polar surface area (TPSA) is 15.3 Å². The van der Waals surface area contributed by atoms with E-state index in [9.17, 15) is 0 Å². The molecular formula is C13H24N2. The zero-order chi connectivity index (χ0) is 10.7. The lowest BCUT2D eigenvalue weighted by Gasteiger charge is -2.25. The Hall–Kier alpha value is -0.340. The molecule has 0 aromatic carbocycles. The molecule has 0 spiro atoms. The van der Waals surface area contributed by atoms with Gasteiger partial charge in [-0.3, -0.25) is 4.90 Å². The smallest absolute Gasteiger partial charge is 0.0195 e. The lowest BCUT2D eigenvalue weighted by molar-refractivity contribution is 0.242. The predicted molar refractivity (Wildman–Crippen MR) is 65.1 cm³/mol. The van der Waals surface area contributed by atoms with Gasteiger partial charge in [0.05, 0.1) is 0 Å². The summed E-state index contributed by atoms with van der Waals surface area (Å²) < 4.78 is 0. The first kappa shape index (κ1) is 11.2. The van der Waals surface area contributed by atoms with Gasteiger partial charge >= 0.3 is 0 Å². The van der Waals surface area contributed by atoms with Gasteiger partial charge in [0.2, 0.25) is 0 Å². The third kappa shape index (κ3) is 3.62. The molecular weight excluding hydrogens is 184 g/mol. The largest absolute Gasteiger partial charge is 0.313 e. The Morgan fingerprint density at radius 1 is 1.40 bits per heavy atom. The fourth-order valence-electron chi connectivity index (χ4n) is 2.39. The summed E-state index contributed by atoms with van der Waals surface area (Å²) in [6.07, 6.45) is 6.75. The molecule has 0 radical (unpaired) electrons. The minimum Gasteiger partial charge on any atom is -0.313 e. The molecule has 2 aliphatic rings. The summed E-state index contributed by atoms with van der Waals surface area (Å²) in [5, 5.41) is 3.59. The summed E-state index contributed by atoms with van der Waals surface area (Å²) >= 11 is 0. The van der Waals surface area contributed by atoms with E-state index in [1.54, 1.807) is 0 Å². The molecule has 2 heteroatoms. The van der Waals surface area contributed by atoms with Crippen LogP contribution in [-0.2, 0) is 0 Å². The summed E-state index contributed by atoms with van der Waals surface area (Å²) in [6.45, 7) is 9.84. The molecule has 0 aromatic heterocycles. The van der Waals surface area contributed by atoms with Crippen molar-refractivity contribution < 1.29 is 0 Å². The van der Waals surface area contributed by atoms with Crippen molar-refractivity contribution in [2.75, 3.05) is 19.6 Å². The van der Waals surface area contributed by atoms with Crippen LogP contribution in [0.2, 0.25) is 0 Å². The number of hydrogen-bond donors (Lipinski definition) is 1. The van der Waals surface area contributed by atoms with Gasteiger partial charge in [-0.25, -0.2) is 0 Å². The standard InChI is InChI=1S/C13H24N2/c1-11(2)7-9-15(13-5-6-13)10-12-4-3-8-14-12/h12-14H,1,3-10H2,2H3. The SMILES string of the molecule is C=C(C)CCN(CC1CCCN1)C1CC1.